The van der Waals surface area contributed by atoms with Crippen LogP contribution < -0.4 is 10.2 Å². The highest BCUT2D eigenvalue weighted by Gasteiger charge is 2.23. The highest BCUT2D eigenvalue weighted by atomic mass is 15.3. The topological polar surface area (TPSA) is 58.9 Å². The molecule has 0 bridgehead atoms. The second-order valence-electron chi connectivity index (χ2n) is 5.08. The fourth-order valence-corrected chi connectivity index (χ4v) is 2.70. The number of nitrogens with zero attached hydrogens (tertiary/aromatic N) is 5. The van der Waals surface area contributed by atoms with E-state index in [0.717, 1.165) is 29.9 Å². The van der Waals surface area contributed by atoms with Gasteiger partial charge in [0.25, 0.3) is 0 Å². The molecule has 2 aromatic heterocycles. The summed E-state index contributed by atoms with van der Waals surface area (Å²) in [5, 5.41) is 8.82. The minimum absolute atomic E-state index is 0.468. The van der Waals surface area contributed by atoms with Crippen LogP contribution in [0, 0.1) is 0 Å². The lowest BCUT2D eigenvalue weighted by Gasteiger charge is -2.37. The van der Waals surface area contributed by atoms with Crippen molar-refractivity contribution in [3.63, 3.8) is 0 Å². The Morgan fingerprint density at radius 3 is 2.67 bits per heavy atom. The number of anilines is 1. The number of hydrogen-bond acceptors (Lipinski definition) is 5. The fraction of sp³-hybridized carbons (Fsp3) is 0.583. The Labute approximate surface area is 106 Å². The van der Waals surface area contributed by atoms with Crippen LogP contribution in [0.1, 0.15) is 13.8 Å². The van der Waals surface area contributed by atoms with Gasteiger partial charge >= 0.3 is 0 Å². The molecule has 0 spiro atoms. The van der Waals surface area contributed by atoms with Gasteiger partial charge in [0.15, 0.2) is 5.65 Å². The number of hydrogen-bond donors (Lipinski definition) is 1. The Kier molecular flexibility index (Phi) is 2.66. The standard InChI is InChI=1S/C12H18N6/c1-8-5-18(6-9(2)16-8)12-10-4-15-17(3)11(10)13-7-14-12/h4,7-9,16H,5-6H2,1-3H3. The number of piperazine rings is 1. The van der Waals surface area contributed by atoms with Crippen LogP contribution in [-0.2, 0) is 7.05 Å². The molecule has 96 valence electrons. The lowest BCUT2D eigenvalue weighted by molar-refractivity contribution is 0.406. The van der Waals surface area contributed by atoms with E-state index in [0.29, 0.717) is 12.1 Å². The van der Waals surface area contributed by atoms with E-state index >= 15 is 0 Å². The van der Waals surface area contributed by atoms with Gasteiger partial charge in [-0.1, -0.05) is 0 Å². The molecule has 2 unspecified atom stereocenters. The van der Waals surface area contributed by atoms with Gasteiger partial charge in [-0.15, -0.1) is 0 Å². The molecule has 2 atom stereocenters. The number of fused-ring (bicyclic) bond motifs is 1. The van der Waals surface area contributed by atoms with Crippen LogP contribution in [0.3, 0.4) is 0 Å². The normalized spacial score (nSPS) is 24.7. The van der Waals surface area contributed by atoms with Crippen LogP contribution in [0.25, 0.3) is 11.0 Å². The third-order valence-corrected chi connectivity index (χ3v) is 3.37. The van der Waals surface area contributed by atoms with Crippen molar-refractivity contribution >= 4 is 16.9 Å². The second-order valence-corrected chi connectivity index (χ2v) is 5.08. The van der Waals surface area contributed by atoms with E-state index in [4.69, 9.17) is 0 Å². The summed E-state index contributed by atoms with van der Waals surface area (Å²) in [7, 11) is 1.90. The number of nitrogens with one attached hydrogen (secondary N) is 1. The van der Waals surface area contributed by atoms with Crippen molar-refractivity contribution in [2.75, 3.05) is 18.0 Å². The van der Waals surface area contributed by atoms with E-state index in [9.17, 15) is 0 Å². The zero-order valence-electron chi connectivity index (χ0n) is 11.0. The summed E-state index contributed by atoms with van der Waals surface area (Å²) in [5.74, 6) is 0.994. The molecule has 6 nitrogen and oxygen atoms in total. The van der Waals surface area contributed by atoms with Gasteiger partial charge in [0.1, 0.15) is 12.1 Å². The Morgan fingerprint density at radius 2 is 1.94 bits per heavy atom. The molecule has 0 amide bonds. The summed E-state index contributed by atoms with van der Waals surface area (Å²) in [6.07, 6.45) is 3.47. The van der Waals surface area contributed by atoms with Crippen LogP contribution in [0.15, 0.2) is 12.5 Å². The molecule has 1 aliphatic heterocycles. The van der Waals surface area contributed by atoms with Crippen molar-refractivity contribution in [1.29, 1.82) is 0 Å². The smallest absolute Gasteiger partial charge is 0.163 e. The van der Waals surface area contributed by atoms with Gasteiger partial charge in [-0.3, -0.25) is 4.68 Å². The highest BCUT2D eigenvalue weighted by Crippen LogP contribution is 2.23. The summed E-state index contributed by atoms with van der Waals surface area (Å²) in [5.41, 5.74) is 0.888. The van der Waals surface area contributed by atoms with E-state index in [1.807, 2.05) is 13.2 Å². The summed E-state index contributed by atoms with van der Waals surface area (Å²) in [6, 6.07) is 0.936. The molecule has 0 aliphatic carbocycles. The minimum Gasteiger partial charge on any atom is -0.353 e. The lowest BCUT2D eigenvalue weighted by Crippen LogP contribution is -2.54. The van der Waals surface area contributed by atoms with Gasteiger partial charge in [0, 0.05) is 32.2 Å². The van der Waals surface area contributed by atoms with Gasteiger partial charge in [-0.2, -0.15) is 5.10 Å². The molecular weight excluding hydrogens is 228 g/mol. The minimum atomic E-state index is 0.468. The first-order chi connectivity index (χ1) is 8.65. The second kappa shape index (κ2) is 4.20. The number of aryl methyl sites for hydroxylation is 1. The first kappa shape index (κ1) is 11.4. The van der Waals surface area contributed by atoms with Crippen LogP contribution >= 0.6 is 0 Å². The third-order valence-electron chi connectivity index (χ3n) is 3.37. The van der Waals surface area contributed by atoms with E-state index in [1.165, 1.54) is 0 Å². The first-order valence-electron chi connectivity index (χ1n) is 6.29. The van der Waals surface area contributed by atoms with E-state index in [-0.39, 0.29) is 0 Å². The molecular formula is C12H18N6. The Morgan fingerprint density at radius 1 is 1.22 bits per heavy atom. The summed E-state index contributed by atoms with van der Waals surface area (Å²) in [4.78, 5) is 11.0. The summed E-state index contributed by atoms with van der Waals surface area (Å²) in [6.45, 7) is 6.32. The van der Waals surface area contributed by atoms with E-state index in [1.54, 1.807) is 11.0 Å². The molecule has 6 heteroatoms. The van der Waals surface area contributed by atoms with Crippen LogP contribution in [0.2, 0.25) is 0 Å². The van der Waals surface area contributed by atoms with Crippen LogP contribution in [-0.4, -0.2) is 44.9 Å². The predicted octanol–water partition coefficient (Wildman–Crippen LogP) is 0.550. The molecule has 1 N–H and O–H groups in total. The molecule has 18 heavy (non-hydrogen) atoms. The molecule has 3 heterocycles. The zero-order chi connectivity index (χ0) is 12.7. The quantitative estimate of drug-likeness (QED) is 0.796. The number of aromatic nitrogens is 4. The Balaban J connectivity index is 2.03. The van der Waals surface area contributed by atoms with Crippen molar-refractivity contribution in [3.05, 3.63) is 12.5 Å². The molecule has 1 aliphatic rings. The SMILES string of the molecule is CC1CN(c2ncnc3c2cnn3C)CC(C)N1. The fourth-order valence-electron chi connectivity index (χ4n) is 2.70. The summed E-state index contributed by atoms with van der Waals surface area (Å²) >= 11 is 0. The van der Waals surface area contributed by atoms with Crippen molar-refractivity contribution in [1.82, 2.24) is 25.1 Å². The van der Waals surface area contributed by atoms with E-state index < -0.39 is 0 Å². The van der Waals surface area contributed by atoms with Gasteiger partial charge in [-0.25, -0.2) is 9.97 Å². The average molecular weight is 246 g/mol. The molecule has 1 saturated heterocycles. The average Bonchev–Trinajstić information content (AvgIpc) is 2.70. The molecule has 3 rings (SSSR count). The lowest BCUT2D eigenvalue weighted by atomic mass is 10.1. The monoisotopic (exact) mass is 246 g/mol. The van der Waals surface area contributed by atoms with Gasteiger partial charge in [-0.05, 0) is 13.8 Å². The van der Waals surface area contributed by atoms with Crippen LogP contribution in [0.5, 0.6) is 0 Å². The molecule has 0 radical (unpaired) electrons. The molecule has 0 saturated carbocycles. The third kappa shape index (κ3) is 1.82. The molecule has 1 fully saturated rings. The Hall–Kier alpha value is -1.69. The first-order valence-corrected chi connectivity index (χ1v) is 6.29. The van der Waals surface area contributed by atoms with Gasteiger partial charge in [0.05, 0.1) is 11.6 Å². The number of rotatable bonds is 1. The van der Waals surface area contributed by atoms with Crippen molar-refractivity contribution in [2.24, 2.45) is 7.05 Å². The van der Waals surface area contributed by atoms with Crippen molar-refractivity contribution < 1.29 is 0 Å². The van der Waals surface area contributed by atoms with E-state index in [2.05, 4.69) is 39.1 Å². The molecule has 0 aromatic carbocycles. The van der Waals surface area contributed by atoms with Gasteiger partial charge in [0.2, 0.25) is 0 Å². The van der Waals surface area contributed by atoms with Gasteiger partial charge < -0.3 is 10.2 Å². The largest absolute Gasteiger partial charge is 0.353 e. The predicted molar refractivity (Wildman–Crippen MR) is 70.6 cm³/mol. The van der Waals surface area contributed by atoms with Crippen molar-refractivity contribution in [3.8, 4) is 0 Å². The summed E-state index contributed by atoms with van der Waals surface area (Å²) < 4.78 is 1.79. The maximum atomic E-state index is 4.45. The van der Waals surface area contributed by atoms with Crippen LogP contribution in [0.4, 0.5) is 5.82 Å². The maximum Gasteiger partial charge on any atom is 0.163 e. The highest BCUT2D eigenvalue weighted by molar-refractivity contribution is 5.86. The zero-order valence-corrected chi connectivity index (χ0v) is 11.0. The maximum absolute atomic E-state index is 4.45. The van der Waals surface area contributed by atoms with Crippen molar-refractivity contribution in [2.45, 2.75) is 25.9 Å². The molecule has 2 aromatic rings. The Bertz CT molecular complexity index is 553.